The summed E-state index contributed by atoms with van der Waals surface area (Å²) >= 11 is 5.83. The monoisotopic (exact) mass is 276 g/mol. The van der Waals surface area contributed by atoms with Gasteiger partial charge < -0.3 is 16.2 Å². The summed E-state index contributed by atoms with van der Waals surface area (Å²) < 4.78 is 5.65. The van der Waals surface area contributed by atoms with Crippen molar-refractivity contribution in [3.05, 3.63) is 58.6 Å². The number of halogens is 1. The fourth-order valence-electron chi connectivity index (χ4n) is 1.65. The van der Waals surface area contributed by atoms with E-state index in [-0.39, 0.29) is 5.56 Å². The zero-order valence-electron chi connectivity index (χ0n) is 10.1. The zero-order chi connectivity index (χ0) is 13.8. The molecule has 0 unspecified atom stereocenters. The highest BCUT2D eigenvalue weighted by Gasteiger charge is 2.11. The van der Waals surface area contributed by atoms with Crippen LogP contribution in [0.3, 0.4) is 0 Å². The van der Waals surface area contributed by atoms with Gasteiger partial charge in [0.1, 0.15) is 11.5 Å². The van der Waals surface area contributed by atoms with Gasteiger partial charge in [-0.1, -0.05) is 23.7 Å². The molecule has 0 aliphatic carbocycles. The van der Waals surface area contributed by atoms with Crippen LogP contribution in [0, 0.1) is 0 Å². The molecule has 2 rings (SSSR count). The number of nitrogens with two attached hydrogens (primary N) is 2. The Hall–Kier alpha value is -2.04. The molecule has 4 N–H and O–H groups in total. The van der Waals surface area contributed by atoms with Gasteiger partial charge in [0.05, 0.1) is 5.56 Å². The molecule has 0 atom stereocenters. The van der Waals surface area contributed by atoms with Crippen molar-refractivity contribution < 1.29 is 9.53 Å². The Kier molecular flexibility index (Phi) is 4.04. The molecule has 0 bridgehead atoms. The molecule has 4 nitrogen and oxygen atoms in total. The lowest BCUT2D eigenvalue weighted by molar-refractivity contribution is 0.0998. The first-order valence-corrected chi connectivity index (χ1v) is 6.04. The Morgan fingerprint density at radius 3 is 2.68 bits per heavy atom. The standard InChI is InChI=1S/C14H13ClN2O2/c15-10-4-5-13(12(7-10)14(17)18)19-11-3-1-2-9(6-11)8-16/h1-7H,8,16H2,(H2,17,18). The number of hydrogen-bond donors (Lipinski definition) is 2. The summed E-state index contributed by atoms with van der Waals surface area (Å²) in [6.45, 7) is 0.417. The topological polar surface area (TPSA) is 78.3 Å². The van der Waals surface area contributed by atoms with Crippen LogP contribution in [0.4, 0.5) is 0 Å². The lowest BCUT2D eigenvalue weighted by atomic mass is 10.2. The number of ether oxygens (including phenoxy) is 1. The van der Waals surface area contributed by atoms with Gasteiger partial charge in [0.25, 0.3) is 5.91 Å². The minimum Gasteiger partial charge on any atom is -0.457 e. The number of carbonyl (C=O) groups is 1. The van der Waals surface area contributed by atoms with E-state index in [0.717, 1.165) is 5.56 Å². The molecule has 0 spiro atoms. The van der Waals surface area contributed by atoms with Gasteiger partial charge in [0, 0.05) is 11.6 Å². The van der Waals surface area contributed by atoms with Crippen molar-refractivity contribution >= 4 is 17.5 Å². The van der Waals surface area contributed by atoms with Crippen molar-refractivity contribution in [3.8, 4) is 11.5 Å². The van der Waals surface area contributed by atoms with E-state index < -0.39 is 5.91 Å². The molecule has 0 aliphatic heterocycles. The molecule has 0 radical (unpaired) electrons. The van der Waals surface area contributed by atoms with E-state index in [9.17, 15) is 4.79 Å². The maximum atomic E-state index is 11.4. The summed E-state index contributed by atoms with van der Waals surface area (Å²) in [5, 5.41) is 0.428. The van der Waals surface area contributed by atoms with Crippen molar-refractivity contribution in [1.29, 1.82) is 0 Å². The largest absolute Gasteiger partial charge is 0.457 e. The predicted octanol–water partition coefficient (Wildman–Crippen LogP) is 2.69. The molecule has 0 aromatic heterocycles. The molecule has 0 saturated heterocycles. The number of carbonyl (C=O) groups excluding carboxylic acids is 1. The SMILES string of the molecule is NCc1cccc(Oc2ccc(Cl)cc2C(N)=O)c1. The number of benzene rings is 2. The fraction of sp³-hybridized carbons (Fsp3) is 0.0714. The van der Waals surface area contributed by atoms with Gasteiger partial charge in [-0.05, 0) is 35.9 Å². The van der Waals surface area contributed by atoms with E-state index >= 15 is 0 Å². The van der Waals surface area contributed by atoms with Crippen LogP contribution >= 0.6 is 11.6 Å². The molecule has 98 valence electrons. The van der Waals surface area contributed by atoms with Crippen molar-refractivity contribution in [2.75, 3.05) is 0 Å². The Labute approximate surface area is 115 Å². The van der Waals surface area contributed by atoms with E-state index in [4.69, 9.17) is 27.8 Å². The Balaban J connectivity index is 2.34. The third-order valence-corrected chi connectivity index (χ3v) is 2.80. The Morgan fingerprint density at radius 1 is 1.21 bits per heavy atom. The normalized spacial score (nSPS) is 10.2. The summed E-state index contributed by atoms with van der Waals surface area (Å²) in [5.74, 6) is 0.367. The second kappa shape index (κ2) is 5.73. The highest BCUT2D eigenvalue weighted by Crippen LogP contribution is 2.28. The third kappa shape index (κ3) is 3.24. The first kappa shape index (κ1) is 13.4. The molecule has 0 saturated carbocycles. The molecule has 2 aromatic rings. The van der Waals surface area contributed by atoms with Gasteiger partial charge in [0.2, 0.25) is 0 Å². The van der Waals surface area contributed by atoms with Crippen molar-refractivity contribution in [2.24, 2.45) is 11.5 Å². The lowest BCUT2D eigenvalue weighted by Crippen LogP contribution is -2.12. The first-order valence-electron chi connectivity index (χ1n) is 5.66. The van der Waals surface area contributed by atoms with Crippen LogP contribution in [0.1, 0.15) is 15.9 Å². The van der Waals surface area contributed by atoms with Gasteiger partial charge in [0.15, 0.2) is 0 Å². The van der Waals surface area contributed by atoms with Crippen LogP contribution in [-0.2, 0) is 6.54 Å². The molecule has 1 amide bonds. The van der Waals surface area contributed by atoms with E-state index in [0.29, 0.717) is 23.1 Å². The molecular formula is C14H13ClN2O2. The number of hydrogen-bond acceptors (Lipinski definition) is 3. The third-order valence-electron chi connectivity index (χ3n) is 2.57. The van der Waals surface area contributed by atoms with Crippen LogP contribution < -0.4 is 16.2 Å². The number of primary amides is 1. The summed E-state index contributed by atoms with van der Waals surface area (Å²) in [6, 6.07) is 12.0. The number of amides is 1. The van der Waals surface area contributed by atoms with Crippen LogP contribution in [-0.4, -0.2) is 5.91 Å². The first-order chi connectivity index (χ1) is 9.10. The zero-order valence-corrected chi connectivity index (χ0v) is 10.9. The fourth-order valence-corrected chi connectivity index (χ4v) is 1.82. The molecule has 19 heavy (non-hydrogen) atoms. The van der Waals surface area contributed by atoms with Crippen LogP contribution in [0.5, 0.6) is 11.5 Å². The highest BCUT2D eigenvalue weighted by atomic mass is 35.5. The summed E-state index contributed by atoms with van der Waals surface area (Å²) in [7, 11) is 0. The van der Waals surface area contributed by atoms with Gasteiger partial charge >= 0.3 is 0 Å². The quantitative estimate of drug-likeness (QED) is 0.901. The minimum atomic E-state index is -0.590. The van der Waals surface area contributed by atoms with Crippen LogP contribution in [0.15, 0.2) is 42.5 Å². The van der Waals surface area contributed by atoms with Gasteiger partial charge in [-0.25, -0.2) is 0 Å². The van der Waals surface area contributed by atoms with E-state index in [2.05, 4.69) is 0 Å². The average Bonchev–Trinajstić information content (AvgIpc) is 2.41. The Morgan fingerprint density at radius 2 is 2.00 bits per heavy atom. The second-order valence-corrected chi connectivity index (χ2v) is 4.39. The highest BCUT2D eigenvalue weighted by molar-refractivity contribution is 6.31. The van der Waals surface area contributed by atoms with Crippen LogP contribution in [0.2, 0.25) is 5.02 Å². The van der Waals surface area contributed by atoms with Crippen molar-refractivity contribution in [2.45, 2.75) is 6.54 Å². The maximum absolute atomic E-state index is 11.4. The van der Waals surface area contributed by atoms with Crippen LogP contribution in [0.25, 0.3) is 0 Å². The summed E-state index contributed by atoms with van der Waals surface area (Å²) in [6.07, 6.45) is 0. The van der Waals surface area contributed by atoms with Crippen molar-refractivity contribution in [3.63, 3.8) is 0 Å². The predicted molar refractivity (Wildman–Crippen MR) is 74.4 cm³/mol. The summed E-state index contributed by atoms with van der Waals surface area (Å²) in [4.78, 5) is 11.4. The molecule has 0 fully saturated rings. The second-order valence-electron chi connectivity index (χ2n) is 3.96. The maximum Gasteiger partial charge on any atom is 0.252 e. The van der Waals surface area contributed by atoms with Gasteiger partial charge in [-0.2, -0.15) is 0 Å². The average molecular weight is 277 g/mol. The molecule has 5 heteroatoms. The lowest BCUT2D eigenvalue weighted by Gasteiger charge is -2.10. The minimum absolute atomic E-state index is 0.241. The number of rotatable bonds is 4. The van der Waals surface area contributed by atoms with E-state index in [1.165, 1.54) is 6.07 Å². The van der Waals surface area contributed by atoms with E-state index in [1.54, 1.807) is 24.3 Å². The smallest absolute Gasteiger partial charge is 0.252 e. The molecule has 2 aromatic carbocycles. The summed E-state index contributed by atoms with van der Waals surface area (Å²) in [5.41, 5.74) is 12.0. The molecule has 0 aliphatic rings. The van der Waals surface area contributed by atoms with Gasteiger partial charge in [-0.15, -0.1) is 0 Å². The van der Waals surface area contributed by atoms with E-state index in [1.807, 2.05) is 12.1 Å². The van der Waals surface area contributed by atoms with Gasteiger partial charge in [-0.3, -0.25) is 4.79 Å². The molecular weight excluding hydrogens is 264 g/mol. The van der Waals surface area contributed by atoms with Crippen molar-refractivity contribution in [1.82, 2.24) is 0 Å². The Bertz CT molecular complexity index is 614. The molecule has 0 heterocycles.